The quantitative estimate of drug-likeness (QED) is 0.529. The number of amides is 2. The molecule has 1 aliphatic heterocycles. The van der Waals surface area contributed by atoms with Crippen molar-refractivity contribution in [2.24, 2.45) is 5.92 Å². The van der Waals surface area contributed by atoms with Crippen LogP contribution in [0.2, 0.25) is 0 Å². The van der Waals surface area contributed by atoms with Gasteiger partial charge in [0.2, 0.25) is 11.8 Å². The Morgan fingerprint density at radius 3 is 2.11 bits per heavy atom. The molecule has 0 atom stereocenters. The van der Waals surface area contributed by atoms with Gasteiger partial charge < -0.3 is 14.7 Å². The summed E-state index contributed by atoms with van der Waals surface area (Å²) in [5.74, 6) is 1.02. The summed E-state index contributed by atoms with van der Waals surface area (Å²) >= 11 is 0. The van der Waals surface area contributed by atoms with E-state index in [1.54, 1.807) is 4.90 Å². The molecule has 0 radical (unpaired) electrons. The highest BCUT2D eigenvalue weighted by Gasteiger charge is 2.32. The van der Waals surface area contributed by atoms with E-state index in [9.17, 15) is 9.59 Å². The van der Waals surface area contributed by atoms with Crippen LogP contribution in [-0.2, 0) is 16.1 Å². The number of benzene rings is 2. The van der Waals surface area contributed by atoms with Gasteiger partial charge in [0, 0.05) is 44.2 Å². The van der Waals surface area contributed by atoms with Crippen LogP contribution in [0.4, 0.5) is 5.82 Å². The molecule has 7 heteroatoms. The van der Waals surface area contributed by atoms with Gasteiger partial charge in [0.05, 0.1) is 5.69 Å². The highest BCUT2D eigenvalue weighted by molar-refractivity contribution is 5.86. The van der Waals surface area contributed by atoms with Crippen LogP contribution in [-0.4, -0.2) is 64.5 Å². The lowest BCUT2D eigenvalue weighted by atomic mass is 9.84. The molecule has 1 aromatic heterocycles. The predicted molar refractivity (Wildman–Crippen MR) is 135 cm³/mol. The number of nitrogens with zero attached hydrogens (tertiary/aromatic N) is 5. The molecule has 180 valence electrons. The van der Waals surface area contributed by atoms with E-state index in [0.29, 0.717) is 32.7 Å². The zero-order valence-corrected chi connectivity index (χ0v) is 19.9. The fraction of sp³-hybridized carbons (Fsp3) is 0.357. The first-order valence-corrected chi connectivity index (χ1v) is 12.4. The van der Waals surface area contributed by atoms with Gasteiger partial charge in [0.15, 0.2) is 5.82 Å². The highest BCUT2D eigenvalue weighted by Crippen LogP contribution is 2.29. The van der Waals surface area contributed by atoms with Gasteiger partial charge in [-0.3, -0.25) is 9.59 Å². The topological polar surface area (TPSA) is 69.6 Å². The number of hydrogen-bond donors (Lipinski definition) is 0. The van der Waals surface area contributed by atoms with Crippen LogP contribution in [0, 0.1) is 5.92 Å². The molecular formula is C28H31N5O2. The van der Waals surface area contributed by atoms with Crippen molar-refractivity contribution >= 4 is 17.6 Å². The molecule has 1 aliphatic carbocycles. The van der Waals surface area contributed by atoms with Gasteiger partial charge in [-0.25, -0.2) is 0 Å². The summed E-state index contributed by atoms with van der Waals surface area (Å²) in [4.78, 5) is 32.0. The Kier molecular flexibility index (Phi) is 7.02. The van der Waals surface area contributed by atoms with Gasteiger partial charge in [0.1, 0.15) is 6.54 Å². The largest absolute Gasteiger partial charge is 0.352 e. The minimum atomic E-state index is 0.0127. The van der Waals surface area contributed by atoms with Crippen LogP contribution in [0.3, 0.4) is 0 Å². The van der Waals surface area contributed by atoms with E-state index in [1.165, 1.54) is 0 Å². The molecule has 2 aliphatic rings. The Morgan fingerprint density at radius 2 is 1.51 bits per heavy atom. The minimum Gasteiger partial charge on any atom is -0.352 e. The molecule has 3 aromatic rings. The molecule has 0 N–H and O–H groups in total. The Balaban J connectivity index is 1.18. The van der Waals surface area contributed by atoms with Gasteiger partial charge in [0.25, 0.3) is 0 Å². The van der Waals surface area contributed by atoms with Crippen molar-refractivity contribution in [3.63, 3.8) is 0 Å². The Bertz CT molecular complexity index is 1130. The summed E-state index contributed by atoms with van der Waals surface area (Å²) in [6, 6.07) is 23.9. The van der Waals surface area contributed by atoms with Crippen molar-refractivity contribution in [3.8, 4) is 11.3 Å². The van der Waals surface area contributed by atoms with Gasteiger partial charge in [-0.2, -0.15) is 0 Å². The smallest absolute Gasteiger partial charge is 0.242 e. The van der Waals surface area contributed by atoms with Crippen molar-refractivity contribution in [2.45, 2.75) is 25.8 Å². The SMILES string of the molecule is O=C(CN(Cc1ccccc1)C(=O)C1CCC1)N1CCN(c2ccc(-c3ccccc3)nn2)CC1. The molecule has 35 heavy (non-hydrogen) atoms. The van der Waals surface area contributed by atoms with E-state index in [-0.39, 0.29) is 24.3 Å². The first-order valence-electron chi connectivity index (χ1n) is 12.4. The van der Waals surface area contributed by atoms with Crippen LogP contribution in [0.1, 0.15) is 24.8 Å². The lowest BCUT2D eigenvalue weighted by molar-refractivity contribution is -0.145. The second kappa shape index (κ2) is 10.7. The lowest BCUT2D eigenvalue weighted by Crippen LogP contribution is -2.52. The number of rotatable bonds is 7. The summed E-state index contributed by atoms with van der Waals surface area (Å²) in [6.45, 7) is 3.22. The molecule has 2 aromatic carbocycles. The van der Waals surface area contributed by atoms with Gasteiger partial charge >= 0.3 is 0 Å². The maximum Gasteiger partial charge on any atom is 0.242 e. The maximum atomic E-state index is 13.2. The van der Waals surface area contributed by atoms with Crippen LogP contribution < -0.4 is 4.90 Å². The molecule has 2 fully saturated rings. The Hall–Kier alpha value is -3.74. The second-order valence-corrected chi connectivity index (χ2v) is 9.32. The third-order valence-corrected chi connectivity index (χ3v) is 6.98. The number of carbonyl (C=O) groups excluding carboxylic acids is 2. The zero-order valence-electron chi connectivity index (χ0n) is 19.9. The molecule has 5 rings (SSSR count). The van der Waals surface area contributed by atoms with Crippen molar-refractivity contribution in [1.29, 1.82) is 0 Å². The normalized spacial score (nSPS) is 16.0. The Morgan fingerprint density at radius 1 is 0.829 bits per heavy atom. The van der Waals surface area contributed by atoms with E-state index >= 15 is 0 Å². The van der Waals surface area contributed by atoms with Crippen LogP contribution in [0.25, 0.3) is 11.3 Å². The van der Waals surface area contributed by atoms with Crippen molar-refractivity contribution < 1.29 is 9.59 Å². The highest BCUT2D eigenvalue weighted by atomic mass is 16.2. The monoisotopic (exact) mass is 469 g/mol. The maximum absolute atomic E-state index is 13.2. The first-order chi connectivity index (χ1) is 17.2. The van der Waals surface area contributed by atoms with Gasteiger partial charge in [-0.15, -0.1) is 10.2 Å². The molecule has 1 saturated heterocycles. The van der Waals surface area contributed by atoms with Crippen LogP contribution in [0.5, 0.6) is 0 Å². The second-order valence-electron chi connectivity index (χ2n) is 9.32. The molecule has 0 bridgehead atoms. The average Bonchev–Trinajstić information content (AvgIpc) is 2.88. The number of hydrogen-bond acceptors (Lipinski definition) is 5. The van der Waals surface area contributed by atoms with E-state index in [1.807, 2.05) is 77.7 Å². The number of aromatic nitrogens is 2. The molecule has 2 heterocycles. The molecule has 2 amide bonds. The standard InChI is InChI=1S/C28H31N5O2/c34-27(21-33(28(35)24-12-7-13-24)20-22-8-3-1-4-9-22)32-18-16-31(17-19-32)26-15-14-25(29-30-26)23-10-5-2-6-11-23/h1-6,8-11,14-15,24H,7,12-13,16-21H2. The van der Waals surface area contributed by atoms with E-state index in [2.05, 4.69) is 15.1 Å². The van der Waals surface area contributed by atoms with Gasteiger partial charge in [-0.05, 0) is 30.5 Å². The number of anilines is 1. The summed E-state index contributed by atoms with van der Waals surface area (Å²) in [6.07, 6.45) is 2.96. The molecule has 0 spiro atoms. The van der Waals surface area contributed by atoms with E-state index in [0.717, 1.165) is 41.9 Å². The van der Waals surface area contributed by atoms with E-state index in [4.69, 9.17) is 0 Å². The molecular weight excluding hydrogens is 438 g/mol. The first kappa shape index (κ1) is 23.0. The fourth-order valence-corrected chi connectivity index (χ4v) is 4.63. The van der Waals surface area contributed by atoms with Crippen LogP contribution >= 0.6 is 0 Å². The Labute approximate surface area is 206 Å². The number of carbonyl (C=O) groups is 2. The summed E-state index contributed by atoms with van der Waals surface area (Å²) in [5.41, 5.74) is 2.94. The van der Waals surface area contributed by atoms with Crippen molar-refractivity contribution in [2.75, 3.05) is 37.6 Å². The van der Waals surface area contributed by atoms with E-state index < -0.39 is 0 Å². The van der Waals surface area contributed by atoms with Crippen molar-refractivity contribution in [3.05, 3.63) is 78.4 Å². The number of piperazine rings is 1. The van der Waals surface area contributed by atoms with Crippen LogP contribution in [0.15, 0.2) is 72.8 Å². The third kappa shape index (κ3) is 5.50. The van der Waals surface area contributed by atoms with Gasteiger partial charge in [-0.1, -0.05) is 67.1 Å². The predicted octanol–water partition coefficient (Wildman–Crippen LogP) is 3.62. The summed E-state index contributed by atoms with van der Waals surface area (Å²) in [7, 11) is 0. The molecule has 1 saturated carbocycles. The fourth-order valence-electron chi connectivity index (χ4n) is 4.63. The lowest BCUT2D eigenvalue weighted by Gasteiger charge is -2.37. The summed E-state index contributed by atoms with van der Waals surface area (Å²) in [5, 5.41) is 8.81. The minimum absolute atomic E-state index is 0.0127. The summed E-state index contributed by atoms with van der Waals surface area (Å²) < 4.78 is 0. The van der Waals surface area contributed by atoms with Crippen molar-refractivity contribution in [1.82, 2.24) is 20.0 Å². The average molecular weight is 470 g/mol. The molecule has 7 nitrogen and oxygen atoms in total. The zero-order chi connectivity index (χ0) is 24.0. The molecule has 0 unspecified atom stereocenters. The third-order valence-electron chi connectivity index (χ3n) is 6.98.